The largest absolute Gasteiger partial charge is 0.554 e. The SMILES string of the molecule is C=C(C)N1C[N-]1. The second-order valence-electron chi connectivity index (χ2n) is 1.42. The number of allylic oxidation sites excluding steroid dienone is 1. The lowest BCUT2D eigenvalue weighted by Gasteiger charge is -2.04. The molecular formula is C4H7N2-. The van der Waals surface area contributed by atoms with Gasteiger partial charge in [-0.05, 0) is 12.6 Å². The van der Waals surface area contributed by atoms with Crippen molar-refractivity contribution in [1.29, 1.82) is 0 Å². The second kappa shape index (κ2) is 0.980. The maximum absolute atomic E-state index is 3.84. The van der Waals surface area contributed by atoms with Gasteiger partial charge in [0.15, 0.2) is 0 Å². The number of nitrogens with zero attached hydrogens (tertiary/aromatic N) is 2. The van der Waals surface area contributed by atoms with E-state index in [4.69, 9.17) is 0 Å². The van der Waals surface area contributed by atoms with Crippen LogP contribution in [0.3, 0.4) is 0 Å². The Morgan fingerprint density at radius 2 is 2.50 bits per heavy atom. The van der Waals surface area contributed by atoms with Gasteiger partial charge in [-0.1, -0.05) is 13.2 Å². The van der Waals surface area contributed by atoms with E-state index in [0.717, 1.165) is 12.4 Å². The summed E-state index contributed by atoms with van der Waals surface area (Å²) >= 11 is 0. The Balaban J connectivity index is 2.31. The van der Waals surface area contributed by atoms with Gasteiger partial charge >= 0.3 is 0 Å². The van der Waals surface area contributed by atoms with Crippen LogP contribution in [-0.4, -0.2) is 11.7 Å². The molecule has 0 N–H and O–H groups in total. The number of hydrogen-bond donors (Lipinski definition) is 0. The summed E-state index contributed by atoms with van der Waals surface area (Å²) in [5.74, 6) is 0. The Kier molecular flexibility index (Phi) is 0.601. The summed E-state index contributed by atoms with van der Waals surface area (Å²) in [6.07, 6.45) is 0. The van der Waals surface area contributed by atoms with E-state index in [1.165, 1.54) is 0 Å². The Morgan fingerprint density at radius 1 is 2.00 bits per heavy atom. The molecule has 0 bridgehead atoms. The van der Waals surface area contributed by atoms with Crippen molar-refractivity contribution in [2.75, 3.05) is 6.67 Å². The van der Waals surface area contributed by atoms with Gasteiger partial charge in [0.1, 0.15) is 0 Å². The predicted octanol–water partition coefficient (Wildman–Crippen LogP) is 1.08. The molecule has 0 amide bonds. The van der Waals surface area contributed by atoms with Crippen molar-refractivity contribution in [2.45, 2.75) is 6.92 Å². The molecule has 0 unspecified atom stereocenters. The van der Waals surface area contributed by atoms with Crippen molar-refractivity contribution in [3.8, 4) is 0 Å². The van der Waals surface area contributed by atoms with Gasteiger partial charge in [-0.15, -0.1) is 0 Å². The van der Waals surface area contributed by atoms with Gasteiger partial charge in [-0.25, -0.2) is 0 Å². The molecule has 0 saturated carbocycles. The topological polar surface area (TPSA) is 17.1 Å². The second-order valence-corrected chi connectivity index (χ2v) is 1.42. The van der Waals surface area contributed by atoms with E-state index in [1.807, 2.05) is 11.9 Å². The minimum atomic E-state index is 0.856. The van der Waals surface area contributed by atoms with Crippen LogP contribution in [0.5, 0.6) is 0 Å². The first-order chi connectivity index (χ1) is 2.80. The van der Waals surface area contributed by atoms with E-state index in [-0.39, 0.29) is 0 Å². The van der Waals surface area contributed by atoms with Crippen molar-refractivity contribution >= 4 is 0 Å². The first-order valence-electron chi connectivity index (χ1n) is 1.91. The molecule has 1 heterocycles. The number of hydrogen-bond acceptors (Lipinski definition) is 1. The van der Waals surface area contributed by atoms with Gasteiger partial charge in [0.05, 0.1) is 0 Å². The molecule has 6 heavy (non-hydrogen) atoms. The summed E-state index contributed by atoms with van der Waals surface area (Å²) in [4.78, 5) is 0. The highest BCUT2D eigenvalue weighted by Crippen LogP contribution is 2.20. The van der Waals surface area contributed by atoms with Crippen molar-refractivity contribution in [3.63, 3.8) is 0 Å². The van der Waals surface area contributed by atoms with Crippen molar-refractivity contribution < 1.29 is 0 Å². The van der Waals surface area contributed by atoms with Crippen molar-refractivity contribution in [1.82, 2.24) is 5.01 Å². The molecule has 1 aliphatic heterocycles. The van der Waals surface area contributed by atoms with E-state index in [2.05, 4.69) is 12.0 Å². The smallest absolute Gasteiger partial charge is 0.0156 e. The molecule has 2 nitrogen and oxygen atoms in total. The summed E-state index contributed by atoms with van der Waals surface area (Å²) in [6.45, 7) is 6.45. The van der Waals surface area contributed by atoms with Gasteiger partial charge in [0.2, 0.25) is 0 Å². The zero-order chi connectivity index (χ0) is 4.57. The molecule has 1 saturated heterocycles. The molecule has 34 valence electrons. The standard InChI is InChI=1S/C4H7N2/c1-4(2)6-3-5-6/h1,3H2,2H3/q-1. The Hall–Kier alpha value is -0.500. The lowest BCUT2D eigenvalue weighted by Crippen LogP contribution is -1.84. The maximum Gasteiger partial charge on any atom is -0.0156 e. The number of rotatable bonds is 1. The van der Waals surface area contributed by atoms with Crippen LogP contribution in [-0.2, 0) is 0 Å². The van der Waals surface area contributed by atoms with Crippen molar-refractivity contribution in [3.05, 3.63) is 17.7 Å². The van der Waals surface area contributed by atoms with Crippen LogP contribution in [0.15, 0.2) is 12.3 Å². The minimum Gasteiger partial charge on any atom is -0.554 e. The molecule has 0 aromatic carbocycles. The Bertz CT molecular complexity index is 73.6. The predicted molar refractivity (Wildman–Crippen MR) is 24.9 cm³/mol. The molecular weight excluding hydrogens is 76.1 g/mol. The van der Waals surface area contributed by atoms with E-state index in [9.17, 15) is 0 Å². The molecule has 1 fully saturated rings. The highest BCUT2D eigenvalue weighted by atomic mass is 15.7. The molecule has 0 aliphatic carbocycles. The van der Waals surface area contributed by atoms with Gasteiger partial charge < -0.3 is 10.4 Å². The summed E-state index contributed by atoms with van der Waals surface area (Å²) in [5.41, 5.74) is 4.87. The molecule has 0 aromatic rings. The van der Waals surface area contributed by atoms with Gasteiger partial charge in [0.25, 0.3) is 0 Å². The Morgan fingerprint density at radius 3 is 2.50 bits per heavy atom. The third-order valence-electron chi connectivity index (χ3n) is 0.723. The third kappa shape index (κ3) is 0.518. The van der Waals surface area contributed by atoms with E-state index >= 15 is 0 Å². The fourth-order valence-corrected chi connectivity index (χ4v) is 0.273. The van der Waals surface area contributed by atoms with Crippen LogP contribution in [0.1, 0.15) is 6.92 Å². The highest BCUT2D eigenvalue weighted by molar-refractivity contribution is 5.07. The summed E-state index contributed by atoms with van der Waals surface area (Å²) in [6, 6.07) is 0. The normalized spacial score (nSPS) is 17.8. The van der Waals surface area contributed by atoms with E-state index in [1.54, 1.807) is 0 Å². The summed E-state index contributed by atoms with van der Waals surface area (Å²) in [7, 11) is 0. The zero-order valence-electron chi connectivity index (χ0n) is 3.81. The molecule has 2 heteroatoms. The van der Waals surface area contributed by atoms with Crippen LogP contribution < -0.4 is 0 Å². The fourth-order valence-electron chi connectivity index (χ4n) is 0.273. The van der Waals surface area contributed by atoms with E-state index < -0.39 is 0 Å². The lowest BCUT2D eigenvalue weighted by atomic mass is 10.6. The maximum atomic E-state index is 3.84. The molecule has 1 aliphatic rings. The summed E-state index contributed by atoms with van der Waals surface area (Å²) in [5, 5.41) is 1.85. The monoisotopic (exact) mass is 83.1 g/mol. The average molecular weight is 83.1 g/mol. The third-order valence-corrected chi connectivity index (χ3v) is 0.723. The van der Waals surface area contributed by atoms with E-state index in [0.29, 0.717) is 0 Å². The molecule has 0 aromatic heterocycles. The molecule has 0 atom stereocenters. The first kappa shape index (κ1) is 3.68. The van der Waals surface area contributed by atoms with Gasteiger partial charge in [0, 0.05) is 0 Å². The van der Waals surface area contributed by atoms with Crippen LogP contribution in [0.4, 0.5) is 0 Å². The first-order valence-corrected chi connectivity index (χ1v) is 1.91. The quantitative estimate of drug-likeness (QED) is 0.433. The van der Waals surface area contributed by atoms with Gasteiger partial charge in [-0.2, -0.15) is 0 Å². The highest BCUT2D eigenvalue weighted by Gasteiger charge is 1.95. The van der Waals surface area contributed by atoms with Crippen LogP contribution in [0, 0.1) is 0 Å². The summed E-state index contributed by atoms with van der Waals surface area (Å²) < 4.78 is 0. The zero-order valence-corrected chi connectivity index (χ0v) is 3.81. The molecule has 0 radical (unpaired) electrons. The average Bonchev–Trinajstić information content (AvgIpc) is 2.06. The fraction of sp³-hybridized carbons (Fsp3) is 0.500. The lowest BCUT2D eigenvalue weighted by molar-refractivity contribution is 0.734. The van der Waals surface area contributed by atoms with Gasteiger partial charge in [-0.3, -0.25) is 0 Å². The van der Waals surface area contributed by atoms with Crippen LogP contribution >= 0.6 is 0 Å². The Labute approximate surface area is 37.4 Å². The minimum absolute atomic E-state index is 0.856. The van der Waals surface area contributed by atoms with Crippen LogP contribution in [0.25, 0.3) is 5.43 Å². The molecule has 0 spiro atoms. The molecule has 1 rings (SSSR count). The van der Waals surface area contributed by atoms with Crippen LogP contribution in [0.2, 0.25) is 0 Å². The van der Waals surface area contributed by atoms with Crippen molar-refractivity contribution in [2.24, 2.45) is 0 Å².